The van der Waals surface area contributed by atoms with Gasteiger partial charge in [-0.1, -0.05) is 45.0 Å². The number of benzene rings is 2. The summed E-state index contributed by atoms with van der Waals surface area (Å²) in [4.78, 5) is 0. The molecule has 0 N–H and O–H groups in total. The molecule has 0 aliphatic carbocycles. The lowest BCUT2D eigenvalue weighted by Crippen LogP contribution is -2.10. The minimum atomic E-state index is 0.146. The van der Waals surface area contributed by atoms with Crippen molar-refractivity contribution in [2.75, 3.05) is 7.11 Å². The van der Waals surface area contributed by atoms with Crippen molar-refractivity contribution in [3.63, 3.8) is 0 Å². The fourth-order valence-corrected chi connectivity index (χ4v) is 2.53. The number of aromatic nitrogens is 3. The number of ether oxygens (including phenoxy) is 2. The molecule has 0 saturated heterocycles. The predicted molar refractivity (Wildman–Crippen MR) is 105 cm³/mol. The van der Waals surface area contributed by atoms with Crippen LogP contribution in [0.1, 0.15) is 37.5 Å². The summed E-state index contributed by atoms with van der Waals surface area (Å²) in [5, 5.41) is 11.7. The molecule has 6 nitrogen and oxygen atoms in total. The molecule has 3 aromatic rings. The third-order valence-corrected chi connectivity index (χ3v) is 4.15. The molecular weight excluding hydrogens is 340 g/mol. The van der Waals surface area contributed by atoms with Gasteiger partial charge < -0.3 is 9.47 Å². The first-order chi connectivity index (χ1) is 13.0. The first-order valence-corrected chi connectivity index (χ1v) is 8.75. The van der Waals surface area contributed by atoms with Crippen molar-refractivity contribution in [1.29, 1.82) is 0 Å². The van der Waals surface area contributed by atoms with Crippen molar-refractivity contribution in [2.45, 2.75) is 32.8 Å². The highest BCUT2D eigenvalue weighted by Gasteiger charge is 2.13. The molecule has 0 aliphatic rings. The fraction of sp³-hybridized carbons (Fsp3) is 0.286. The fourth-order valence-electron chi connectivity index (χ4n) is 2.53. The second-order valence-corrected chi connectivity index (χ2v) is 7.23. The quantitative estimate of drug-likeness (QED) is 0.619. The number of hydrogen-bond acceptors (Lipinski definition) is 5. The van der Waals surface area contributed by atoms with E-state index in [9.17, 15) is 0 Å². The number of nitrogens with zero attached hydrogens (tertiary/aromatic N) is 4. The van der Waals surface area contributed by atoms with Crippen molar-refractivity contribution in [3.8, 4) is 11.5 Å². The molecular formula is C21H24N4O2. The zero-order valence-corrected chi connectivity index (χ0v) is 16.1. The van der Waals surface area contributed by atoms with Crippen LogP contribution in [0.25, 0.3) is 0 Å². The summed E-state index contributed by atoms with van der Waals surface area (Å²) in [5.74, 6) is 1.35. The number of methoxy groups -OCH3 is 1. The Kier molecular flexibility index (Phi) is 5.54. The van der Waals surface area contributed by atoms with Crippen LogP contribution >= 0.6 is 0 Å². The lowest BCUT2D eigenvalue weighted by molar-refractivity contribution is 0.284. The summed E-state index contributed by atoms with van der Waals surface area (Å²) in [6, 6.07) is 14.2. The number of hydrogen-bond donors (Lipinski definition) is 0. The molecule has 1 aromatic heterocycles. The Hall–Kier alpha value is -3.15. The Morgan fingerprint density at radius 1 is 1.00 bits per heavy atom. The molecule has 0 atom stereocenters. The second kappa shape index (κ2) is 8.03. The standard InChI is InChI=1S/C21H24N4O2/c1-21(2,3)18-8-5-16(6-9-18)13-27-19-10-7-17(11-20(19)26-4)12-24-25-14-22-23-15-25/h5-12,14-15H,13H2,1-4H3/b24-12+. The third-order valence-electron chi connectivity index (χ3n) is 4.15. The third kappa shape index (κ3) is 4.94. The van der Waals surface area contributed by atoms with E-state index in [0.717, 1.165) is 11.1 Å². The Labute approximate surface area is 159 Å². The van der Waals surface area contributed by atoms with Gasteiger partial charge in [-0.2, -0.15) is 5.10 Å². The van der Waals surface area contributed by atoms with Gasteiger partial charge in [-0.05, 0) is 40.3 Å². The van der Waals surface area contributed by atoms with Crippen LogP contribution in [0, 0.1) is 0 Å². The summed E-state index contributed by atoms with van der Waals surface area (Å²) >= 11 is 0. The summed E-state index contributed by atoms with van der Waals surface area (Å²) in [5.41, 5.74) is 3.46. The van der Waals surface area contributed by atoms with Crippen LogP contribution in [-0.2, 0) is 12.0 Å². The van der Waals surface area contributed by atoms with Crippen molar-refractivity contribution >= 4 is 6.21 Å². The minimum absolute atomic E-state index is 0.146. The molecule has 0 unspecified atom stereocenters. The van der Waals surface area contributed by atoms with E-state index in [0.29, 0.717) is 18.1 Å². The van der Waals surface area contributed by atoms with Crippen molar-refractivity contribution in [3.05, 3.63) is 71.8 Å². The largest absolute Gasteiger partial charge is 0.493 e. The van der Waals surface area contributed by atoms with E-state index >= 15 is 0 Å². The Morgan fingerprint density at radius 3 is 2.33 bits per heavy atom. The predicted octanol–water partition coefficient (Wildman–Crippen LogP) is 4.05. The van der Waals surface area contributed by atoms with Crippen LogP contribution in [0.5, 0.6) is 11.5 Å². The molecule has 0 fully saturated rings. The van der Waals surface area contributed by atoms with E-state index in [1.807, 2.05) is 18.2 Å². The normalized spacial score (nSPS) is 11.7. The Morgan fingerprint density at radius 2 is 1.70 bits per heavy atom. The van der Waals surface area contributed by atoms with Crippen LogP contribution in [-0.4, -0.2) is 28.2 Å². The highest BCUT2D eigenvalue weighted by molar-refractivity contribution is 5.80. The van der Waals surface area contributed by atoms with Gasteiger partial charge in [-0.3, -0.25) is 0 Å². The molecule has 0 radical (unpaired) electrons. The Bertz CT molecular complexity index is 895. The smallest absolute Gasteiger partial charge is 0.161 e. The van der Waals surface area contributed by atoms with Gasteiger partial charge in [0.05, 0.1) is 13.3 Å². The molecule has 27 heavy (non-hydrogen) atoms. The van der Waals surface area contributed by atoms with Gasteiger partial charge >= 0.3 is 0 Å². The summed E-state index contributed by atoms with van der Waals surface area (Å²) in [6.45, 7) is 7.10. The Balaban J connectivity index is 1.67. The van der Waals surface area contributed by atoms with E-state index in [-0.39, 0.29) is 5.41 Å². The van der Waals surface area contributed by atoms with Crippen molar-refractivity contribution < 1.29 is 9.47 Å². The van der Waals surface area contributed by atoms with Gasteiger partial charge in [-0.15, -0.1) is 10.2 Å². The zero-order chi connectivity index (χ0) is 19.3. The SMILES string of the molecule is COc1cc(/C=N/n2cnnc2)ccc1OCc1ccc(C(C)(C)C)cc1. The van der Waals surface area contributed by atoms with Gasteiger partial charge in [0.2, 0.25) is 0 Å². The molecule has 3 rings (SSSR count). The van der Waals surface area contributed by atoms with Crippen LogP contribution < -0.4 is 9.47 Å². The minimum Gasteiger partial charge on any atom is -0.493 e. The molecule has 1 heterocycles. The highest BCUT2D eigenvalue weighted by atomic mass is 16.5. The van der Waals surface area contributed by atoms with Crippen molar-refractivity contribution in [1.82, 2.24) is 14.9 Å². The maximum absolute atomic E-state index is 5.95. The maximum Gasteiger partial charge on any atom is 0.161 e. The van der Waals surface area contributed by atoms with Crippen LogP contribution in [0.15, 0.2) is 60.2 Å². The lowest BCUT2D eigenvalue weighted by atomic mass is 9.87. The zero-order valence-electron chi connectivity index (χ0n) is 16.1. The maximum atomic E-state index is 5.95. The van der Waals surface area contributed by atoms with Crippen LogP contribution in [0.3, 0.4) is 0 Å². The molecule has 0 saturated carbocycles. The molecule has 0 spiro atoms. The lowest BCUT2D eigenvalue weighted by Gasteiger charge is -2.19. The first-order valence-electron chi connectivity index (χ1n) is 8.75. The molecule has 0 aliphatic heterocycles. The van der Waals surface area contributed by atoms with E-state index in [2.05, 4.69) is 60.3 Å². The van der Waals surface area contributed by atoms with Gasteiger partial charge in [-0.25, -0.2) is 4.68 Å². The monoisotopic (exact) mass is 364 g/mol. The van der Waals surface area contributed by atoms with Gasteiger partial charge in [0, 0.05) is 0 Å². The summed E-state index contributed by atoms with van der Waals surface area (Å²) < 4.78 is 12.9. The van der Waals surface area contributed by atoms with Crippen LogP contribution in [0.4, 0.5) is 0 Å². The topological polar surface area (TPSA) is 61.5 Å². The van der Waals surface area contributed by atoms with Crippen molar-refractivity contribution in [2.24, 2.45) is 5.10 Å². The van der Waals surface area contributed by atoms with E-state index < -0.39 is 0 Å². The number of rotatable bonds is 6. The average Bonchev–Trinajstić information content (AvgIpc) is 3.18. The van der Waals surface area contributed by atoms with Gasteiger partial charge in [0.15, 0.2) is 11.5 Å². The first kappa shape index (κ1) is 18.6. The van der Waals surface area contributed by atoms with Crippen LogP contribution in [0.2, 0.25) is 0 Å². The highest BCUT2D eigenvalue weighted by Crippen LogP contribution is 2.29. The second-order valence-electron chi connectivity index (χ2n) is 7.23. The molecule has 140 valence electrons. The average molecular weight is 364 g/mol. The summed E-state index contributed by atoms with van der Waals surface area (Å²) in [6.07, 6.45) is 4.76. The molecule has 0 amide bonds. The van der Waals surface area contributed by atoms with E-state index in [1.54, 1.807) is 13.3 Å². The van der Waals surface area contributed by atoms with E-state index in [1.165, 1.54) is 22.9 Å². The molecule has 6 heteroatoms. The summed E-state index contributed by atoms with van der Waals surface area (Å²) in [7, 11) is 1.63. The van der Waals surface area contributed by atoms with Gasteiger partial charge in [0.1, 0.15) is 19.3 Å². The van der Waals surface area contributed by atoms with E-state index in [4.69, 9.17) is 9.47 Å². The van der Waals surface area contributed by atoms with Gasteiger partial charge in [0.25, 0.3) is 0 Å². The molecule has 0 bridgehead atoms. The molecule has 2 aromatic carbocycles.